The summed E-state index contributed by atoms with van der Waals surface area (Å²) in [6.45, 7) is 2.00. The highest BCUT2D eigenvalue weighted by Gasteiger charge is 2.22. The van der Waals surface area contributed by atoms with Crippen LogP contribution in [-0.4, -0.2) is 33.8 Å². The van der Waals surface area contributed by atoms with Crippen molar-refractivity contribution in [1.82, 2.24) is 20.1 Å². The predicted octanol–water partition coefficient (Wildman–Crippen LogP) is 2.41. The molecule has 1 amide bonds. The van der Waals surface area contributed by atoms with Crippen molar-refractivity contribution in [3.8, 4) is 0 Å². The van der Waals surface area contributed by atoms with Crippen molar-refractivity contribution in [2.75, 3.05) is 18.4 Å². The molecule has 2 aromatic rings. The van der Waals surface area contributed by atoms with Gasteiger partial charge in [-0.25, -0.2) is 4.68 Å². The zero-order valence-electron chi connectivity index (χ0n) is 14.7. The number of aromatic nitrogens is 3. The van der Waals surface area contributed by atoms with Crippen LogP contribution in [0.25, 0.3) is 0 Å². The van der Waals surface area contributed by atoms with E-state index in [2.05, 4.69) is 26.8 Å². The van der Waals surface area contributed by atoms with Gasteiger partial charge in [0.2, 0.25) is 5.95 Å². The molecule has 2 aliphatic rings. The molecule has 6 heteroatoms. The monoisotopic (exact) mass is 339 g/mol. The van der Waals surface area contributed by atoms with Crippen LogP contribution in [0, 0.1) is 0 Å². The molecule has 0 bridgehead atoms. The van der Waals surface area contributed by atoms with Gasteiger partial charge in [-0.05, 0) is 74.9 Å². The first-order chi connectivity index (χ1) is 12.2. The molecule has 0 atom stereocenters. The van der Waals surface area contributed by atoms with Crippen LogP contribution in [-0.2, 0) is 19.9 Å². The van der Waals surface area contributed by atoms with Gasteiger partial charge in [-0.1, -0.05) is 6.07 Å². The highest BCUT2D eigenvalue weighted by atomic mass is 16.1. The van der Waals surface area contributed by atoms with Crippen molar-refractivity contribution < 1.29 is 4.79 Å². The second kappa shape index (κ2) is 6.96. The SMILES string of the molecule is Cn1nc(C2CCNCC2)nc1NC(=O)c1ccc2c(c1)CCCC2. The third kappa shape index (κ3) is 3.44. The normalized spacial score (nSPS) is 18.0. The highest BCUT2D eigenvalue weighted by Crippen LogP contribution is 2.24. The number of aryl methyl sites for hydroxylation is 3. The van der Waals surface area contributed by atoms with Gasteiger partial charge in [-0.2, -0.15) is 10.1 Å². The Morgan fingerprint density at radius 3 is 2.76 bits per heavy atom. The number of hydrogen-bond donors (Lipinski definition) is 2. The van der Waals surface area contributed by atoms with Crippen LogP contribution < -0.4 is 10.6 Å². The second-order valence-corrected chi connectivity index (χ2v) is 7.09. The molecule has 1 saturated heterocycles. The molecule has 132 valence electrons. The van der Waals surface area contributed by atoms with Gasteiger partial charge in [0.1, 0.15) is 0 Å². The third-order valence-corrected chi connectivity index (χ3v) is 5.32. The molecule has 1 aliphatic carbocycles. The molecule has 0 saturated carbocycles. The maximum absolute atomic E-state index is 12.6. The van der Waals surface area contributed by atoms with E-state index in [9.17, 15) is 4.79 Å². The number of rotatable bonds is 3. The van der Waals surface area contributed by atoms with Crippen molar-refractivity contribution in [3.05, 3.63) is 40.7 Å². The van der Waals surface area contributed by atoms with Gasteiger partial charge in [0.15, 0.2) is 5.82 Å². The Bertz CT molecular complexity index is 776. The van der Waals surface area contributed by atoms with E-state index in [1.807, 2.05) is 19.2 Å². The van der Waals surface area contributed by atoms with E-state index in [-0.39, 0.29) is 5.91 Å². The summed E-state index contributed by atoms with van der Waals surface area (Å²) in [4.78, 5) is 17.2. The van der Waals surface area contributed by atoms with Crippen LogP contribution >= 0.6 is 0 Å². The summed E-state index contributed by atoms with van der Waals surface area (Å²) in [7, 11) is 1.83. The summed E-state index contributed by atoms with van der Waals surface area (Å²) in [5.41, 5.74) is 3.40. The lowest BCUT2D eigenvalue weighted by atomic mass is 9.90. The van der Waals surface area contributed by atoms with E-state index in [0.717, 1.165) is 44.6 Å². The number of anilines is 1. The van der Waals surface area contributed by atoms with E-state index in [1.165, 1.54) is 24.0 Å². The summed E-state index contributed by atoms with van der Waals surface area (Å²) in [5.74, 6) is 1.63. The molecular formula is C19H25N5O. The van der Waals surface area contributed by atoms with Crippen LogP contribution in [0.5, 0.6) is 0 Å². The lowest BCUT2D eigenvalue weighted by Crippen LogP contribution is -2.27. The van der Waals surface area contributed by atoms with E-state index >= 15 is 0 Å². The lowest BCUT2D eigenvalue weighted by Gasteiger charge is -2.19. The van der Waals surface area contributed by atoms with E-state index in [0.29, 0.717) is 17.4 Å². The Hall–Kier alpha value is -2.21. The zero-order chi connectivity index (χ0) is 17.2. The van der Waals surface area contributed by atoms with Crippen LogP contribution in [0.2, 0.25) is 0 Å². The van der Waals surface area contributed by atoms with Crippen molar-refractivity contribution in [3.63, 3.8) is 0 Å². The summed E-state index contributed by atoms with van der Waals surface area (Å²) < 4.78 is 1.67. The van der Waals surface area contributed by atoms with Crippen LogP contribution in [0.3, 0.4) is 0 Å². The van der Waals surface area contributed by atoms with E-state index < -0.39 is 0 Å². The minimum Gasteiger partial charge on any atom is -0.317 e. The second-order valence-electron chi connectivity index (χ2n) is 7.09. The Kier molecular flexibility index (Phi) is 4.53. The summed E-state index contributed by atoms with van der Waals surface area (Å²) in [6.07, 6.45) is 6.74. The summed E-state index contributed by atoms with van der Waals surface area (Å²) in [6, 6.07) is 6.05. The molecular weight excluding hydrogens is 314 g/mol. The fourth-order valence-corrected chi connectivity index (χ4v) is 3.81. The summed E-state index contributed by atoms with van der Waals surface area (Å²) in [5, 5.41) is 10.8. The maximum atomic E-state index is 12.6. The smallest absolute Gasteiger partial charge is 0.258 e. The van der Waals surface area contributed by atoms with Crippen LogP contribution in [0.1, 0.15) is 58.9 Å². The van der Waals surface area contributed by atoms with Crippen molar-refractivity contribution >= 4 is 11.9 Å². The Morgan fingerprint density at radius 2 is 1.96 bits per heavy atom. The number of carbonyl (C=O) groups excluding carboxylic acids is 1. The van der Waals surface area contributed by atoms with Gasteiger partial charge in [0.05, 0.1) is 0 Å². The lowest BCUT2D eigenvalue weighted by molar-refractivity contribution is 0.102. The van der Waals surface area contributed by atoms with Gasteiger partial charge in [0.25, 0.3) is 5.91 Å². The maximum Gasteiger partial charge on any atom is 0.258 e. The number of nitrogens with one attached hydrogen (secondary N) is 2. The topological polar surface area (TPSA) is 71.8 Å². The number of piperidine rings is 1. The van der Waals surface area contributed by atoms with Gasteiger partial charge in [-0.3, -0.25) is 10.1 Å². The molecule has 0 radical (unpaired) electrons. The predicted molar refractivity (Wildman–Crippen MR) is 96.9 cm³/mol. The molecule has 2 N–H and O–H groups in total. The highest BCUT2D eigenvalue weighted by molar-refractivity contribution is 6.03. The fraction of sp³-hybridized carbons (Fsp3) is 0.526. The number of carbonyl (C=O) groups is 1. The van der Waals surface area contributed by atoms with E-state index in [1.54, 1.807) is 4.68 Å². The van der Waals surface area contributed by atoms with Crippen molar-refractivity contribution in [2.24, 2.45) is 7.05 Å². The molecule has 1 aliphatic heterocycles. The molecule has 2 heterocycles. The fourth-order valence-electron chi connectivity index (χ4n) is 3.81. The Morgan fingerprint density at radius 1 is 1.20 bits per heavy atom. The molecule has 1 aromatic carbocycles. The first-order valence-electron chi connectivity index (χ1n) is 9.25. The van der Waals surface area contributed by atoms with Gasteiger partial charge in [-0.15, -0.1) is 0 Å². The first-order valence-corrected chi connectivity index (χ1v) is 9.25. The van der Waals surface area contributed by atoms with Crippen molar-refractivity contribution in [2.45, 2.75) is 44.4 Å². The minimum atomic E-state index is -0.110. The zero-order valence-corrected chi connectivity index (χ0v) is 14.7. The average Bonchev–Trinajstić information content (AvgIpc) is 3.02. The largest absolute Gasteiger partial charge is 0.317 e. The molecule has 6 nitrogen and oxygen atoms in total. The standard InChI is InChI=1S/C19H25N5O/c1-24-19(21-17(23-24)14-8-10-20-11-9-14)22-18(25)16-7-6-13-4-2-3-5-15(13)12-16/h6-7,12,14,20H,2-5,8-11H2,1H3,(H,21,22,23,25). The molecule has 1 aromatic heterocycles. The Labute approximate surface area is 148 Å². The number of benzene rings is 1. The quantitative estimate of drug-likeness (QED) is 0.901. The van der Waals surface area contributed by atoms with Crippen LogP contribution in [0.4, 0.5) is 5.95 Å². The third-order valence-electron chi connectivity index (χ3n) is 5.32. The number of amides is 1. The van der Waals surface area contributed by atoms with Gasteiger partial charge >= 0.3 is 0 Å². The number of nitrogens with zero attached hydrogens (tertiary/aromatic N) is 3. The minimum absolute atomic E-state index is 0.110. The van der Waals surface area contributed by atoms with Gasteiger partial charge < -0.3 is 5.32 Å². The average molecular weight is 339 g/mol. The van der Waals surface area contributed by atoms with Gasteiger partial charge in [0, 0.05) is 18.5 Å². The molecule has 0 unspecified atom stereocenters. The molecule has 4 rings (SSSR count). The van der Waals surface area contributed by atoms with Crippen LogP contribution in [0.15, 0.2) is 18.2 Å². The molecule has 25 heavy (non-hydrogen) atoms. The first kappa shape index (κ1) is 16.3. The molecule has 1 fully saturated rings. The van der Waals surface area contributed by atoms with E-state index in [4.69, 9.17) is 0 Å². The molecule has 0 spiro atoms. The number of hydrogen-bond acceptors (Lipinski definition) is 4. The van der Waals surface area contributed by atoms with Crippen molar-refractivity contribution in [1.29, 1.82) is 0 Å². The Balaban J connectivity index is 1.50. The number of fused-ring (bicyclic) bond motifs is 1. The summed E-state index contributed by atoms with van der Waals surface area (Å²) >= 11 is 0.